The number of ether oxygens (including phenoxy) is 1. The van der Waals surface area contributed by atoms with Crippen molar-refractivity contribution in [2.75, 3.05) is 32.1 Å². The molecule has 2 aliphatic heterocycles. The van der Waals surface area contributed by atoms with Gasteiger partial charge in [-0.3, -0.25) is 14.8 Å². The summed E-state index contributed by atoms with van der Waals surface area (Å²) in [6.07, 6.45) is 3.53. The fraction of sp³-hybridized carbons (Fsp3) is 0.417. The summed E-state index contributed by atoms with van der Waals surface area (Å²) in [6.45, 7) is 3.37. The van der Waals surface area contributed by atoms with Crippen LogP contribution >= 0.6 is 11.8 Å². The average Bonchev–Trinajstić information content (AvgIpc) is 3.45. The molecule has 176 valence electrons. The van der Waals surface area contributed by atoms with E-state index < -0.39 is 6.10 Å². The monoisotopic (exact) mass is 478 g/mol. The summed E-state index contributed by atoms with van der Waals surface area (Å²) in [5.41, 5.74) is 3.54. The topological polar surface area (TPSA) is 116 Å². The summed E-state index contributed by atoms with van der Waals surface area (Å²) in [6, 6.07) is 7.46. The van der Waals surface area contributed by atoms with Crippen LogP contribution in [0.4, 0.5) is 0 Å². The molecule has 5 heterocycles. The number of nitriles is 1. The zero-order chi connectivity index (χ0) is 23.7. The Hall–Kier alpha value is -2.97. The molecule has 0 radical (unpaired) electrons. The Morgan fingerprint density at radius 2 is 2.21 bits per heavy atom. The van der Waals surface area contributed by atoms with Crippen LogP contribution in [-0.2, 0) is 20.0 Å². The summed E-state index contributed by atoms with van der Waals surface area (Å²) in [5.74, 6) is 1.60. The lowest BCUT2D eigenvalue weighted by molar-refractivity contribution is 0.140. The fourth-order valence-corrected chi connectivity index (χ4v) is 5.48. The second-order valence-electron chi connectivity index (χ2n) is 8.72. The van der Waals surface area contributed by atoms with Crippen LogP contribution in [0.1, 0.15) is 16.8 Å². The van der Waals surface area contributed by atoms with E-state index in [-0.39, 0.29) is 11.5 Å². The molecule has 0 spiro atoms. The first-order chi connectivity index (χ1) is 16.5. The number of nitrogens with one attached hydrogen (secondary N) is 1. The van der Waals surface area contributed by atoms with Crippen LogP contribution in [-0.4, -0.2) is 62.8 Å². The molecule has 2 atom stereocenters. The number of pyridine rings is 3. The van der Waals surface area contributed by atoms with Crippen molar-refractivity contribution in [3.8, 4) is 11.8 Å². The second kappa shape index (κ2) is 9.72. The lowest BCUT2D eigenvalue weighted by atomic mass is 10.0. The van der Waals surface area contributed by atoms with Crippen LogP contribution in [0.5, 0.6) is 5.75 Å². The molecule has 2 aliphatic rings. The van der Waals surface area contributed by atoms with Gasteiger partial charge in [0.15, 0.2) is 5.75 Å². The summed E-state index contributed by atoms with van der Waals surface area (Å²) >= 11 is 1.67. The number of thioether (sulfide) groups is 1. The average molecular weight is 479 g/mol. The predicted molar refractivity (Wildman–Crippen MR) is 129 cm³/mol. The van der Waals surface area contributed by atoms with Gasteiger partial charge in [-0.15, -0.1) is 0 Å². The zero-order valence-electron chi connectivity index (χ0n) is 18.9. The lowest BCUT2D eigenvalue weighted by Crippen LogP contribution is -2.30. The van der Waals surface area contributed by atoms with E-state index in [1.165, 1.54) is 6.07 Å². The molecule has 34 heavy (non-hydrogen) atoms. The van der Waals surface area contributed by atoms with Crippen molar-refractivity contribution < 1.29 is 9.84 Å². The number of likely N-dealkylation sites (tertiary alicyclic amines) is 1. The first-order valence-electron chi connectivity index (χ1n) is 11.3. The molecule has 1 fully saturated rings. The van der Waals surface area contributed by atoms with Crippen LogP contribution in [0.3, 0.4) is 0 Å². The van der Waals surface area contributed by atoms with Crippen LogP contribution in [0.15, 0.2) is 40.3 Å². The van der Waals surface area contributed by atoms with Gasteiger partial charge in [0.25, 0.3) is 5.56 Å². The van der Waals surface area contributed by atoms with Gasteiger partial charge in [-0.2, -0.15) is 5.26 Å². The zero-order valence-corrected chi connectivity index (χ0v) is 19.7. The SMILES string of the molecule is Cn1c(=O)ccc2ncc(C#N)c(CCN3CC(O)C(CNCc4cc5c(cn4)OCS5)C3)c21. The molecule has 5 rings (SSSR count). The quantitative estimate of drug-likeness (QED) is 0.518. The van der Waals surface area contributed by atoms with Gasteiger partial charge in [0.1, 0.15) is 12.0 Å². The maximum absolute atomic E-state index is 12.2. The minimum atomic E-state index is -0.418. The van der Waals surface area contributed by atoms with E-state index in [9.17, 15) is 15.2 Å². The number of nitrogens with zero attached hydrogens (tertiary/aromatic N) is 5. The molecule has 3 aromatic rings. The molecule has 0 aliphatic carbocycles. The highest BCUT2D eigenvalue weighted by atomic mass is 32.2. The molecule has 3 aromatic heterocycles. The highest BCUT2D eigenvalue weighted by molar-refractivity contribution is 7.99. The largest absolute Gasteiger partial charge is 0.480 e. The maximum atomic E-state index is 12.2. The Morgan fingerprint density at radius 3 is 3.06 bits per heavy atom. The van der Waals surface area contributed by atoms with E-state index in [4.69, 9.17) is 4.74 Å². The number of aliphatic hydroxyl groups excluding tert-OH is 1. The Labute approximate surface area is 201 Å². The Balaban J connectivity index is 1.20. The van der Waals surface area contributed by atoms with Crippen molar-refractivity contribution in [1.82, 2.24) is 24.8 Å². The third kappa shape index (κ3) is 4.52. The van der Waals surface area contributed by atoms with Gasteiger partial charge in [-0.1, -0.05) is 11.8 Å². The smallest absolute Gasteiger partial charge is 0.250 e. The van der Waals surface area contributed by atoms with E-state index in [1.54, 1.807) is 41.8 Å². The van der Waals surface area contributed by atoms with Crippen LogP contribution < -0.4 is 15.6 Å². The minimum absolute atomic E-state index is 0.112. The molecule has 0 bridgehead atoms. The van der Waals surface area contributed by atoms with Gasteiger partial charge in [0.05, 0.1) is 39.5 Å². The number of rotatable bonds is 7. The van der Waals surface area contributed by atoms with Crippen molar-refractivity contribution in [1.29, 1.82) is 5.26 Å². The first kappa shape index (κ1) is 22.8. The molecule has 2 N–H and O–H groups in total. The Kier molecular flexibility index (Phi) is 6.52. The summed E-state index contributed by atoms with van der Waals surface area (Å²) in [7, 11) is 1.71. The lowest BCUT2D eigenvalue weighted by Gasteiger charge is -2.18. The second-order valence-corrected chi connectivity index (χ2v) is 9.69. The van der Waals surface area contributed by atoms with Gasteiger partial charge >= 0.3 is 0 Å². The third-order valence-electron chi connectivity index (χ3n) is 6.55. The van der Waals surface area contributed by atoms with Crippen LogP contribution in [0.2, 0.25) is 0 Å². The van der Waals surface area contributed by atoms with Gasteiger partial charge in [-0.05, 0) is 24.1 Å². The predicted octanol–water partition coefficient (Wildman–Crippen LogP) is 1.27. The number of aromatic nitrogens is 3. The molecule has 10 heteroatoms. The van der Waals surface area contributed by atoms with E-state index in [0.717, 1.165) is 28.4 Å². The van der Waals surface area contributed by atoms with Gasteiger partial charge < -0.3 is 24.6 Å². The van der Waals surface area contributed by atoms with E-state index in [1.807, 2.05) is 0 Å². The fourth-order valence-electron chi connectivity index (χ4n) is 4.69. The number of hydrogen-bond acceptors (Lipinski definition) is 9. The highest BCUT2D eigenvalue weighted by Gasteiger charge is 2.31. The summed E-state index contributed by atoms with van der Waals surface area (Å²) in [5, 5.41) is 23.6. The van der Waals surface area contributed by atoms with Crippen molar-refractivity contribution >= 4 is 22.8 Å². The van der Waals surface area contributed by atoms with E-state index in [2.05, 4.69) is 32.3 Å². The summed E-state index contributed by atoms with van der Waals surface area (Å²) in [4.78, 5) is 24.3. The number of aryl methyl sites for hydroxylation is 1. The normalized spacial score (nSPS) is 19.8. The molecule has 0 amide bonds. The number of fused-ring (bicyclic) bond motifs is 2. The minimum Gasteiger partial charge on any atom is -0.480 e. The molecule has 2 unspecified atom stereocenters. The molecular weight excluding hydrogens is 452 g/mol. The van der Waals surface area contributed by atoms with E-state index >= 15 is 0 Å². The first-order valence-corrected chi connectivity index (χ1v) is 12.3. The van der Waals surface area contributed by atoms with E-state index in [0.29, 0.717) is 55.1 Å². The maximum Gasteiger partial charge on any atom is 0.250 e. The standard InChI is InChI=1S/C24H26N6O3S/c1-29-23(32)3-2-19-24(29)18(15(7-25)9-28-19)4-5-30-12-16(20(31)13-30)8-26-10-17-6-22-21(11-27-17)33-14-34-22/h2-3,6,9,11,16,20,26,31H,4-5,8,10,12-14H2,1H3. The number of aliphatic hydroxyl groups is 1. The summed E-state index contributed by atoms with van der Waals surface area (Å²) < 4.78 is 7.03. The third-order valence-corrected chi connectivity index (χ3v) is 7.41. The highest BCUT2D eigenvalue weighted by Crippen LogP contribution is 2.35. The molecule has 0 saturated carbocycles. The molecule has 0 aromatic carbocycles. The van der Waals surface area contributed by atoms with Gasteiger partial charge in [-0.25, -0.2) is 0 Å². The Morgan fingerprint density at radius 1 is 1.32 bits per heavy atom. The van der Waals surface area contributed by atoms with Crippen LogP contribution in [0, 0.1) is 17.2 Å². The molecule has 1 saturated heterocycles. The van der Waals surface area contributed by atoms with Gasteiger partial charge in [0.2, 0.25) is 0 Å². The van der Waals surface area contributed by atoms with Gasteiger partial charge in [0, 0.05) is 58.0 Å². The van der Waals surface area contributed by atoms with Crippen LogP contribution in [0.25, 0.3) is 11.0 Å². The van der Waals surface area contributed by atoms with Crippen molar-refractivity contribution in [2.45, 2.75) is 24.0 Å². The number of β-amino-alcohol motifs (C(OH)–C–C–N with tert-alkyl or cyclic N) is 1. The van der Waals surface area contributed by atoms with Crippen molar-refractivity contribution in [3.05, 3.63) is 57.8 Å². The van der Waals surface area contributed by atoms with Crippen molar-refractivity contribution in [2.24, 2.45) is 13.0 Å². The Bertz CT molecular complexity index is 1320. The number of hydrogen-bond donors (Lipinski definition) is 2. The molecular formula is C24H26N6O3S. The van der Waals surface area contributed by atoms with Crippen molar-refractivity contribution in [3.63, 3.8) is 0 Å². The molecule has 9 nitrogen and oxygen atoms in total.